The number of aryl methyl sites for hydroxylation is 1. The molecule has 0 radical (unpaired) electrons. The van der Waals surface area contributed by atoms with Crippen LogP contribution in [0.2, 0.25) is 0 Å². The highest BCUT2D eigenvalue weighted by atomic mass is 16.5. The van der Waals surface area contributed by atoms with Gasteiger partial charge in [0.2, 0.25) is 5.58 Å². The van der Waals surface area contributed by atoms with Gasteiger partial charge in [-0.25, -0.2) is 19.2 Å². The van der Waals surface area contributed by atoms with Crippen molar-refractivity contribution < 1.29 is 9.37 Å². The van der Waals surface area contributed by atoms with Gasteiger partial charge in [-0.2, -0.15) is 10.9 Å². The average molecular weight is 324 g/mol. The predicted octanol–water partition coefficient (Wildman–Crippen LogP) is 1.71. The molecule has 4 rings (SSSR count). The lowest BCUT2D eigenvalue weighted by Crippen LogP contribution is -2.41. The molecule has 0 bridgehead atoms. The van der Waals surface area contributed by atoms with E-state index in [2.05, 4.69) is 23.8 Å². The maximum absolute atomic E-state index is 6.18. The van der Waals surface area contributed by atoms with Crippen molar-refractivity contribution in [1.29, 1.82) is 0 Å². The number of hydrogen-bond acceptors (Lipinski definition) is 6. The third kappa shape index (κ3) is 2.07. The van der Waals surface area contributed by atoms with E-state index in [0.29, 0.717) is 17.2 Å². The topological polar surface area (TPSA) is 113 Å². The molecule has 1 aromatic carbocycles. The number of nitrogens with two attached hydrogens (primary N) is 2. The van der Waals surface area contributed by atoms with Crippen molar-refractivity contribution in [3.8, 4) is 11.3 Å². The lowest BCUT2D eigenvalue weighted by molar-refractivity contribution is -0.815. The zero-order valence-electron chi connectivity index (χ0n) is 13.7. The second kappa shape index (κ2) is 4.92. The molecular formula is C16H18N7O+. The molecule has 4 aromatic rings. The van der Waals surface area contributed by atoms with Crippen LogP contribution >= 0.6 is 0 Å². The van der Waals surface area contributed by atoms with Crippen molar-refractivity contribution in [2.24, 2.45) is 0 Å². The fourth-order valence-corrected chi connectivity index (χ4v) is 2.90. The monoisotopic (exact) mass is 324 g/mol. The van der Waals surface area contributed by atoms with E-state index < -0.39 is 0 Å². The summed E-state index contributed by atoms with van der Waals surface area (Å²) in [5, 5.41) is 6.39. The van der Waals surface area contributed by atoms with E-state index in [1.165, 1.54) is 4.85 Å². The van der Waals surface area contributed by atoms with Crippen LogP contribution in [0.5, 0.6) is 0 Å². The molecule has 8 nitrogen and oxygen atoms in total. The van der Waals surface area contributed by atoms with Gasteiger partial charge in [0.15, 0.2) is 5.65 Å². The van der Waals surface area contributed by atoms with Gasteiger partial charge in [-0.1, -0.05) is 0 Å². The summed E-state index contributed by atoms with van der Waals surface area (Å²) in [5.41, 5.74) is 9.29. The smallest absolute Gasteiger partial charge is 0.263 e. The van der Waals surface area contributed by atoms with Gasteiger partial charge in [0.05, 0.1) is 15.6 Å². The maximum atomic E-state index is 6.18. The highest BCUT2D eigenvalue weighted by molar-refractivity contribution is 5.99. The third-order valence-corrected chi connectivity index (χ3v) is 3.93. The van der Waals surface area contributed by atoms with Gasteiger partial charge in [-0.05, 0) is 39.0 Å². The van der Waals surface area contributed by atoms with Gasteiger partial charge >= 0.3 is 0 Å². The zero-order chi connectivity index (χ0) is 17.0. The Morgan fingerprint density at radius 3 is 2.79 bits per heavy atom. The van der Waals surface area contributed by atoms with E-state index >= 15 is 0 Å². The molecule has 0 fully saturated rings. The van der Waals surface area contributed by atoms with E-state index in [1.807, 2.05) is 29.8 Å². The fraction of sp³-hybridized carbons (Fsp3) is 0.250. The van der Waals surface area contributed by atoms with Crippen molar-refractivity contribution in [3.63, 3.8) is 0 Å². The number of nitrogens with zero attached hydrogens (tertiary/aromatic N) is 5. The average Bonchev–Trinajstić information content (AvgIpc) is 3.05. The molecule has 0 saturated heterocycles. The summed E-state index contributed by atoms with van der Waals surface area (Å²) in [5.74, 6) is 6.70. The zero-order valence-corrected chi connectivity index (χ0v) is 13.7. The minimum Gasteiger partial charge on any atom is -0.383 e. The van der Waals surface area contributed by atoms with E-state index in [1.54, 1.807) is 6.20 Å². The highest BCUT2D eigenvalue weighted by Crippen LogP contribution is 2.33. The van der Waals surface area contributed by atoms with E-state index in [0.717, 1.165) is 27.7 Å². The largest absolute Gasteiger partial charge is 0.383 e. The SMILES string of the molecule is Cc1nc(N)c2c(-c3ccc4o[n+](N)cc4c3)nn(C(C)C)c2n1. The van der Waals surface area contributed by atoms with Gasteiger partial charge in [-0.15, -0.1) is 0 Å². The van der Waals surface area contributed by atoms with Crippen LogP contribution in [-0.2, 0) is 0 Å². The summed E-state index contributed by atoms with van der Waals surface area (Å²) in [6.07, 6.45) is 1.71. The van der Waals surface area contributed by atoms with E-state index in [-0.39, 0.29) is 6.04 Å². The Balaban J connectivity index is 2.04. The van der Waals surface area contributed by atoms with E-state index in [4.69, 9.17) is 21.2 Å². The first-order valence-corrected chi connectivity index (χ1v) is 7.67. The molecule has 0 spiro atoms. The summed E-state index contributed by atoms with van der Waals surface area (Å²) in [6, 6.07) is 5.91. The lowest BCUT2D eigenvalue weighted by Gasteiger charge is -2.06. The number of nitrogen functional groups attached to an aromatic ring is 2. The van der Waals surface area contributed by atoms with E-state index in [9.17, 15) is 0 Å². The number of hydrogen-bond donors (Lipinski definition) is 2. The summed E-state index contributed by atoms with van der Waals surface area (Å²) in [7, 11) is 0. The summed E-state index contributed by atoms with van der Waals surface area (Å²) in [4.78, 5) is 10.0. The molecule has 0 unspecified atom stereocenters. The molecule has 122 valence electrons. The maximum Gasteiger partial charge on any atom is 0.263 e. The number of aromatic nitrogens is 5. The first kappa shape index (κ1) is 14.4. The first-order chi connectivity index (χ1) is 11.4. The van der Waals surface area contributed by atoms with Crippen molar-refractivity contribution >= 4 is 27.8 Å². The minimum atomic E-state index is 0.152. The van der Waals surface area contributed by atoms with Crippen molar-refractivity contribution in [1.82, 2.24) is 19.7 Å². The van der Waals surface area contributed by atoms with Crippen LogP contribution in [-0.4, -0.2) is 19.7 Å². The van der Waals surface area contributed by atoms with Gasteiger partial charge in [-0.3, -0.25) is 0 Å². The first-order valence-electron chi connectivity index (χ1n) is 7.67. The third-order valence-electron chi connectivity index (χ3n) is 3.93. The van der Waals surface area contributed by atoms with Crippen LogP contribution < -0.4 is 16.4 Å². The Bertz CT molecular complexity index is 1080. The molecule has 0 atom stereocenters. The van der Waals surface area contributed by atoms with Gasteiger partial charge < -0.3 is 5.73 Å². The van der Waals surface area contributed by atoms with Crippen LogP contribution in [0.4, 0.5) is 5.82 Å². The normalized spacial score (nSPS) is 11.8. The predicted molar refractivity (Wildman–Crippen MR) is 90.4 cm³/mol. The molecule has 0 amide bonds. The summed E-state index contributed by atoms with van der Waals surface area (Å²) in [6.45, 7) is 5.94. The molecule has 0 saturated carbocycles. The molecule has 3 heterocycles. The van der Waals surface area contributed by atoms with Crippen LogP contribution in [0.15, 0.2) is 28.9 Å². The second-order valence-corrected chi connectivity index (χ2v) is 6.07. The molecule has 8 heteroatoms. The van der Waals surface area contributed by atoms with Gasteiger partial charge in [0.25, 0.3) is 6.20 Å². The van der Waals surface area contributed by atoms with Crippen LogP contribution in [0.25, 0.3) is 33.3 Å². The molecule has 0 aliphatic rings. The Hall–Kier alpha value is -3.16. The van der Waals surface area contributed by atoms with Crippen LogP contribution in [0, 0.1) is 6.92 Å². The summed E-state index contributed by atoms with van der Waals surface area (Å²) >= 11 is 0. The lowest BCUT2D eigenvalue weighted by atomic mass is 10.1. The number of benzene rings is 1. The van der Waals surface area contributed by atoms with Gasteiger partial charge in [0.1, 0.15) is 17.3 Å². The quantitative estimate of drug-likeness (QED) is 0.429. The molecule has 0 aliphatic carbocycles. The van der Waals surface area contributed by atoms with Crippen molar-refractivity contribution in [2.45, 2.75) is 26.8 Å². The number of rotatable bonds is 2. The molecule has 3 aromatic heterocycles. The summed E-state index contributed by atoms with van der Waals surface area (Å²) < 4.78 is 7.22. The van der Waals surface area contributed by atoms with Crippen molar-refractivity contribution in [2.75, 3.05) is 11.6 Å². The standard InChI is InChI=1S/C16H18N7O/c1-8(2)23-16-13(15(17)19-9(3)20-16)14(21-23)10-4-5-12-11(6-10)7-22(18)24-12/h4-8H,18H2,1-3H3,(H2,17,19,20)/q+1. The number of anilines is 1. The Labute approximate surface area is 137 Å². The van der Waals surface area contributed by atoms with Gasteiger partial charge in [0, 0.05) is 11.6 Å². The highest BCUT2D eigenvalue weighted by Gasteiger charge is 2.20. The Morgan fingerprint density at radius 1 is 1.25 bits per heavy atom. The van der Waals surface area contributed by atoms with Crippen LogP contribution in [0.1, 0.15) is 25.7 Å². The molecule has 0 aliphatic heterocycles. The Kier molecular flexibility index (Phi) is 2.96. The fourth-order valence-electron chi connectivity index (χ4n) is 2.90. The number of fused-ring (bicyclic) bond motifs is 2. The van der Waals surface area contributed by atoms with Crippen LogP contribution in [0.3, 0.4) is 0 Å². The second-order valence-electron chi connectivity index (χ2n) is 6.07. The van der Waals surface area contributed by atoms with Crippen molar-refractivity contribution in [3.05, 3.63) is 30.2 Å². The molecule has 4 N–H and O–H groups in total. The Morgan fingerprint density at radius 2 is 2.04 bits per heavy atom. The molecule has 24 heavy (non-hydrogen) atoms. The minimum absolute atomic E-state index is 0.152. The molecular weight excluding hydrogens is 306 g/mol.